The van der Waals surface area contributed by atoms with Gasteiger partial charge in [-0.05, 0) is 42.1 Å². The Balaban J connectivity index is 2.55. The van der Waals surface area contributed by atoms with Crippen molar-refractivity contribution in [2.24, 2.45) is 0 Å². The van der Waals surface area contributed by atoms with E-state index in [1.807, 2.05) is 18.4 Å². The van der Waals surface area contributed by atoms with Crippen LogP contribution in [0.3, 0.4) is 0 Å². The number of thiophene rings is 1. The van der Waals surface area contributed by atoms with E-state index in [2.05, 4.69) is 15.9 Å². The highest BCUT2D eigenvalue weighted by molar-refractivity contribution is 9.10. The molecule has 0 atom stereocenters. The molecule has 0 saturated carbocycles. The largest absolute Gasteiger partial charge is 0.206 e. The molecule has 14 heavy (non-hydrogen) atoms. The van der Waals surface area contributed by atoms with Gasteiger partial charge in [0.2, 0.25) is 0 Å². The standard InChI is InChI=1S/C11H8BrFS/c1-7-4-8(6-14-7)10-5-9(12)2-3-11(10)13/h2-6H,1H3. The van der Waals surface area contributed by atoms with Gasteiger partial charge < -0.3 is 0 Å². The van der Waals surface area contributed by atoms with Crippen molar-refractivity contribution in [2.75, 3.05) is 0 Å². The first kappa shape index (κ1) is 9.87. The van der Waals surface area contributed by atoms with Gasteiger partial charge in [-0.25, -0.2) is 4.39 Å². The summed E-state index contributed by atoms with van der Waals surface area (Å²) in [6.07, 6.45) is 0. The highest BCUT2D eigenvalue weighted by atomic mass is 79.9. The zero-order chi connectivity index (χ0) is 10.1. The highest BCUT2D eigenvalue weighted by Crippen LogP contribution is 2.29. The van der Waals surface area contributed by atoms with Crippen molar-refractivity contribution in [1.82, 2.24) is 0 Å². The molecule has 0 spiro atoms. The van der Waals surface area contributed by atoms with Crippen LogP contribution in [0.4, 0.5) is 4.39 Å². The Kier molecular flexibility index (Phi) is 2.70. The van der Waals surface area contributed by atoms with E-state index >= 15 is 0 Å². The number of hydrogen-bond donors (Lipinski definition) is 0. The molecule has 2 rings (SSSR count). The molecular weight excluding hydrogens is 263 g/mol. The molecule has 0 aliphatic heterocycles. The Morgan fingerprint density at radius 1 is 1.29 bits per heavy atom. The van der Waals surface area contributed by atoms with E-state index < -0.39 is 0 Å². The van der Waals surface area contributed by atoms with Crippen LogP contribution in [0.2, 0.25) is 0 Å². The van der Waals surface area contributed by atoms with Crippen molar-refractivity contribution in [1.29, 1.82) is 0 Å². The fourth-order valence-corrected chi connectivity index (χ4v) is 2.37. The zero-order valence-electron chi connectivity index (χ0n) is 7.55. The predicted molar refractivity (Wildman–Crippen MR) is 62.2 cm³/mol. The van der Waals surface area contributed by atoms with Crippen molar-refractivity contribution >= 4 is 27.3 Å². The van der Waals surface area contributed by atoms with Gasteiger partial charge in [0, 0.05) is 14.9 Å². The maximum absolute atomic E-state index is 13.4. The summed E-state index contributed by atoms with van der Waals surface area (Å²) in [4.78, 5) is 1.19. The Labute approximate surface area is 94.5 Å². The molecule has 1 heterocycles. The SMILES string of the molecule is Cc1cc(-c2cc(Br)ccc2F)cs1. The van der Waals surface area contributed by atoms with Crippen LogP contribution in [0.15, 0.2) is 34.1 Å². The highest BCUT2D eigenvalue weighted by Gasteiger charge is 2.06. The quantitative estimate of drug-likeness (QED) is 0.709. The van der Waals surface area contributed by atoms with Crippen molar-refractivity contribution in [3.63, 3.8) is 0 Å². The topological polar surface area (TPSA) is 0 Å². The van der Waals surface area contributed by atoms with E-state index in [1.54, 1.807) is 23.5 Å². The summed E-state index contributed by atoms with van der Waals surface area (Å²) in [5, 5.41) is 1.97. The van der Waals surface area contributed by atoms with Crippen LogP contribution in [0, 0.1) is 12.7 Å². The molecule has 0 radical (unpaired) electrons. The van der Waals surface area contributed by atoms with Crippen LogP contribution < -0.4 is 0 Å². The van der Waals surface area contributed by atoms with Crippen LogP contribution in [-0.4, -0.2) is 0 Å². The first-order valence-electron chi connectivity index (χ1n) is 4.17. The third-order valence-electron chi connectivity index (χ3n) is 1.97. The van der Waals surface area contributed by atoms with Gasteiger partial charge in [0.25, 0.3) is 0 Å². The summed E-state index contributed by atoms with van der Waals surface area (Å²) in [5.74, 6) is -0.175. The number of benzene rings is 1. The molecule has 1 aromatic carbocycles. The summed E-state index contributed by atoms with van der Waals surface area (Å²) < 4.78 is 14.3. The first-order chi connectivity index (χ1) is 6.66. The lowest BCUT2D eigenvalue weighted by atomic mass is 10.1. The van der Waals surface area contributed by atoms with Gasteiger partial charge in [-0.3, -0.25) is 0 Å². The summed E-state index contributed by atoms with van der Waals surface area (Å²) in [7, 11) is 0. The first-order valence-corrected chi connectivity index (χ1v) is 5.84. The molecule has 3 heteroatoms. The monoisotopic (exact) mass is 270 g/mol. The van der Waals surface area contributed by atoms with E-state index in [4.69, 9.17) is 0 Å². The van der Waals surface area contributed by atoms with Crippen molar-refractivity contribution in [3.8, 4) is 11.1 Å². The summed E-state index contributed by atoms with van der Waals surface area (Å²) >= 11 is 4.97. The van der Waals surface area contributed by atoms with Crippen LogP contribution >= 0.6 is 27.3 Å². The van der Waals surface area contributed by atoms with Gasteiger partial charge in [-0.15, -0.1) is 11.3 Å². The van der Waals surface area contributed by atoms with E-state index in [0.29, 0.717) is 5.56 Å². The molecule has 72 valence electrons. The van der Waals surface area contributed by atoms with Crippen molar-refractivity contribution in [2.45, 2.75) is 6.92 Å². The third-order valence-corrected chi connectivity index (χ3v) is 3.32. The predicted octanol–water partition coefficient (Wildman–Crippen LogP) is 4.63. The molecule has 0 nitrogen and oxygen atoms in total. The van der Waals surface area contributed by atoms with Gasteiger partial charge in [0.15, 0.2) is 0 Å². The molecule has 1 aromatic heterocycles. The Morgan fingerprint density at radius 3 is 2.71 bits per heavy atom. The van der Waals surface area contributed by atoms with Crippen LogP contribution in [-0.2, 0) is 0 Å². The second-order valence-corrected chi connectivity index (χ2v) is 5.10. The van der Waals surface area contributed by atoms with E-state index in [0.717, 1.165) is 10.0 Å². The van der Waals surface area contributed by atoms with Gasteiger partial charge in [-0.2, -0.15) is 0 Å². The number of halogens is 2. The number of hydrogen-bond acceptors (Lipinski definition) is 1. The lowest BCUT2D eigenvalue weighted by Crippen LogP contribution is -1.81. The summed E-state index contributed by atoms with van der Waals surface area (Å²) in [5.41, 5.74) is 1.61. The minimum atomic E-state index is -0.175. The molecule has 0 fully saturated rings. The fraction of sp³-hybridized carbons (Fsp3) is 0.0909. The lowest BCUT2D eigenvalue weighted by Gasteiger charge is -2.00. The zero-order valence-corrected chi connectivity index (χ0v) is 9.95. The molecule has 0 unspecified atom stereocenters. The Bertz CT molecular complexity index is 462. The molecule has 0 bridgehead atoms. The Morgan fingerprint density at radius 2 is 2.07 bits per heavy atom. The Hall–Kier alpha value is -0.670. The molecule has 2 aromatic rings. The third kappa shape index (κ3) is 1.88. The smallest absolute Gasteiger partial charge is 0.131 e. The average molecular weight is 271 g/mol. The minimum Gasteiger partial charge on any atom is -0.206 e. The van der Waals surface area contributed by atoms with Crippen LogP contribution in [0.1, 0.15) is 4.88 Å². The second kappa shape index (κ2) is 3.83. The molecule has 0 saturated heterocycles. The molecule has 0 aliphatic rings. The maximum atomic E-state index is 13.4. The summed E-state index contributed by atoms with van der Waals surface area (Å²) in [6.45, 7) is 2.02. The van der Waals surface area contributed by atoms with Crippen molar-refractivity contribution in [3.05, 3.63) is 44.8 Å². The molecule has 0 amide bonds. The lowest BCUT2D eigenvalue weighted by molar-refractivity contribution is 0.631. The normalized spacial score (nSPS) is 10.5. The van der Waals surface area contributed by atoms with Gasteiger partial charge in [0.1, 0.15) is 5.82 Å². The maximum Gasteiger partial charge on any atom is 0.131 e. The van der Waals surface area contributed by atoms with E-state index in [1.165, 1.54) is 10.9 Å². The fourth-order valence-electron chi connectivity index (χ4n) is 1.30. The average Bonchev–Trinajstić information content (AvgIpc) is 2.56. The summed E-state index contributed by atoms with van der Waals surface area (Å²) in [6, 6.07) is 6.98. The minimum absolute atomic E-state index is 0.175. The van der Waals surface area contributed by atoms with Crippen LogP contribution in [0.5, 0.6) is 0 Å². The van der Waals surface area contributed by atoms with E-state index in [9.17, 15) is 4.39 Å². The van der Waals surface area contributed by atoms with Gasteiger partial charge in [-0.1, -0.05) is 15.9 Å². The molecular formula is C11H8BrFS. The van der Waals surface area contributed by atoms with Crippen molar-refractivity contribution < 1.29 is 4.39 Å². The van der Waals surface area contributed by atoms with Gasteiger partial charge in [0.05, 0.1) is 0 Å². The number of rotatable bonds is 1. The number of aryl methyl sites for hydroxylation is 1. The van der Waals surface area contributed by atoms with Gasteiger partial charge >= 0.3 is 0 Å². The molecule has 0 N–H and O–H groups in total. The second-order valence-electron chi connectivity index (χ2n) is 3.07. The van der Waals surface area contributed by atoms with E-state index in [-0.39, 0.29) is 5.82 Å². The molecule has 0 aliphatic carbocycles. The van der Waals surface area contributed by atoms with Crippen LogP contribution in [0.25, 0.3) is 11.1 Å².